The van der Waals surface area contributed by atoms with E-state index in [-0.39, 0.29) is 0 Å². The van der Waals surface area contributed by atoms with Gasteiger partial charge in [-0.25, -0.2) is 4.79 Å². The van der Waals surface area contributed by atoms with Crippen LogP contribution in [-0.4, -0.2) is 45.4 Å². The highest BCUT2D eigenvalue weighted by molar-refractivity contribution is 7.99. The van der Waals surface area contributed by atoms with Crippen LogP contribution in [-0.2, 0) is 4.79 Å². The summed E-state index contributed by atoms with van der Waals surface area (Å²) >= 11 is 7.27. The van der Waals surface area contributed by atoms with Crippen molar-refractivity contribution in [2.24, 2.45) is 0 Å². The summed E-state index contributed by atoms with van der Waals surface area (Å²) in [7, 11) is 0. The molecule has 1 aliphatic rings. The van der Waals surface area contributed by atoms with Gasteiger partial charge in [0.05, 0.1) is 0 Å². The molecule has 0 spiro atoms. The molecule has 2 heterocycles. The van der Waals surface area contributed by atoms with Crippen LogP contribution in [0.25, 0.3) is 0 Å². The van der Waals surface area contributed by atoms with Gasteiger partial charge in [0.1, 0.15) is 6.04 Å². The van der Waals surface area contributed by atoms with Crippen molar-refractivity contribution in [1.29, 1.82) is 0 Å². The number of hydrogen-bond acceptors (Lipinski definition) is 5. The van der Waals surface area contributed by atoms with Gasteiger partial charge in [0.2, 0.25) is 0 Å². The van der Waals surface area contributed by atoms with Gasteiger partial charge in [0.25, 0.3) is 0 Å². The molecule has 1 saturated heterocycles. The number of nitrogens with zero attached hydrogens (tertiary/aromatic N) is 3. The molecule has 1 atom stereocenters. The van der Waals surface area contributed by atoms with E-state index in [4.69, 9.17) is 16.7 Å². The number of thioether (sulfide) groups is 1. The van der Waals surface area contributed by atoms with Gasteiger partial charge in [-0.15, -0.1) is 10.2 Å². The maximum absolute atomic E-state index is 11.1. The topological polar surface area (TPSA) is 66.3 Å². The lowest BCUT2D eigenvalue weighted by molar-refractivity contribution is -0.138. The van der Waals surface area contributed by atoms with Crippen molar-refractivity contribution in [3.05, 3.63) is 17.3 Å². The Labute approximate surface area is 102 Å². The Kier molecular flexibility index (Phi) is 3.50. The summed E-state index contributed by atoms with van der Waals surface area (Å²) in [6.07, 6.45) is 0. The molecule has 0 aliphatic carbocycles. The Morgan fingerprint density at radius 3 is 3.00 bits per heavy atom. The average molecular weight is 260 g/mol. The van der Waals surface area contributed by atoms with E-state index in [1.807, 2.05) is 0 Å². The van der Waals surface area contributed by atoms with Gasteiger partial charge in [0, 0.05) is 18.1 Å². The Morgan fingerprint density at radius 2 is 2.38 bits per heavy atom. The average Bonchev–Trinajstić information content (AvgIpc) is 2.30. The number of hydrogen-bond donors (Lipinski definition) is 1. The lowest BCUT2D eigenvalue weighted by Crippen LogP contribution is -2.47. The molecule has 7 heteroatoms. The summed E-state index contributed by atoms with van der Waals surface area (Å²) in [5.74, 6) is 1.20. The molecule has 0 saturated carbocycles. The standard InChI is InChI=1S/C9H10ClN3O2S/c10-7-1-2-8(12-11-7)13-3-4-16-5-6(13)9(14)15/h1-2,6H,3-5H2,(H,14,15). The minimum absolute atomic E-state index is 0.307. The molecule has 1 aromatic heterocycles. The Morgan fingerprint density at radius 1 is 1.56 bits per heavy atom. The lowest BCUT2D eigenvalue weighted by Gasteiger charge is -2.33. The number of rotatable bonds is 2. The smallest absolute Gasteiger partial charge is 0.327 e. The summed E-state index contributed by atoms with van der Waals surface area (Å²) < 4.78 is 0. The van der Waals surface area contributed by atoms with Crippen LogP contribution in [0.15, 0.2) is 12.1 Å². The van der Waals surface area contributed by atoms with Crippen LogP contribution in [0.3, 0.4) is 0 Å². The lowest BCUT2D eigenvalue weighted by atomic mass is 10.2. The number of carboxylic acid groups (broad SMARTS) is 1. The van der Waals surface area contributed by atoms with Crippen molar-refractivity contribution < 1.29 is 9.90 Å². The van der Waals surface area contributed by atoms with Crippen LogP contribution in [0, 0.1) is 0 Å². The second-order valence-electron chi connectivity index (χ2n) is 3.34. The van der Waals surface area contributed by atoms with Crippen LogP contribution < -0.4 is 4.90 Å². The van der Waals surface area contributed by atoms with E-state index in [0.29, 0.717) is 23.3 Å². The maximum atomic E-state index is 11.1. The van der Waals surface area contributed by atoms with E-state index < -0.39 is 12.0 Å². The minimum Gasteiger partial charge on any atom is -0.480 e. The Bertz CT molecular complexity index is 387. The molecule has 86 valence electrons. The second kappa shape index (κ2) is 4.88. The third kappa shape index (κ3) is 2.38. The molecule has 0 aromatic carbocycles. The third-order valence-corrected chi connectivity index (χ3v) is 3.55. The molecule has 0 radical (unpaired) electrons. The normalized spacial score (nSPS) is 20.8. The predicted octanol–water partition coefficient (Wildman–Crippen LogP) is 1.14. The van der Waals surface area contributed by atoms with Crippen LogP contribution in [0.4, 0.5) is 5.82 Å². The van der Waals surface area contributed by atoms with Gasteiger partial charge in [-0.2, -0.15) is 11.8 Å². The first-order chi connectivity index (χ1) is 7.68. The fourth-order valence-electron chi connectivity index (χ4n) is 1.54. The first-order valence-corrected chi connectivity index (χ1v) is 6.28. The van der Waals surface area contributed by atoms with Gasteiger partial charge in [0.15, 0.2) is 11.0 Å². The zero-order valence-electron chi connectivity index (χ0n) is 8.34. The van der Waals surface area contributed by atoms with E-state index in [2.05, 4.69) is 10.2 Å². The Hall–Kier alpha value is -1.01. The largest absolute Gasteiger partial charge is 0.480 e. The maximum Gasteiger partial charge on any atom is 0.327 e. The molecule has 1 unspecified atom stereocenters. The van der Waals surface area contributed by atoms with Crippen LogP contribution in [0.2, 0.25) is 5.15 Å². The summed E-state index contributed by atoms with van der Waals surface area (Å²) in [5, 5.41) is 17.0. The SMILES string of the molecule is O=C(O)C1CSCCN1c1ccc(Cl)nn1. The molecular formula is C9H10ClN3O2S. The summed E-state index contributed by atoms with van der Waals surface area (Å²) in [5.41, 5.74) is 0. The monoisotopic (exact) mass is 259 g/mol. The highest BCUT2D eigenvalue weighted by Crippen LogP contribution is 2.22. The van der Waals surface area contributed by atoms with Crippen LogP contribution in [0.1, 0.15) is 0 Å². The predicted molar refractivity (Wildman–Crippen MR) is 63.1 cm³/mol. The molecule has 2 rings (SSSR count). The van der Waals surface area contributed by atoms with E-state index in [1.165, 1.54) is 0 Å². The highest BCUT2D eigenvalue weighted by atomic mass is 35.5. The molecule has 16 heavy (non-hydrogen) atoms. The first-order valence-electron chi connectivity index (χ1n) is 4.75. The Balaban J connectivity index is 2.23. The molecule has 1 fully saturated rings. The van der Waals surface area contributed by atoms with E-state index >= 15 is 0 Å². The summed E-state index contributed by atoms with van der Waals surface area (Å²) in [6.45, 7) is 0.665. The van der Waals surface area contributed by atoms with E-state index in [0.717, 1.165) is 5.75 Å². The van der Waals surface area contributed by atoms with Gasteiger partial charge < -0.3 is 10.0 Å². The van der Waals surface area contributed by atoms with Crippen LogP contribution in [0.5, 0.6) is 0 Å². The zero-order valence-corrected chi connectivity index (χ0v) is 9.91. The van der Waals surface area contributed by atoms with Crippen molar-refractivity contribution in [2.75, 3.05) is 23.0 Å². The number of carboxylic acids is 1. The van der Waals surface area contributed by atoms with Crippen molar-refractivity contribution in [3.8, 4) is 0 Å². The van der Waals surface area contributed by atoms with E-state index in [9.17, 15) is 4.79 Å². The van der Waals surface area contributed by atoms with Gasteiger partial charge >= 0.3 is 5.97 Å². The first kappa shape index (κ1) is 11.5. The number of anilines is 1. The highest BCUT2D eigenvalue weighted by Gasteiger charge is 2.29. The molecule has 1 aromatic rings. The molecule has 0 bridgehead atoms. The molecule has 0 amide bonds. The van der Waals surface area contributed by atoms with Gasteiger partial charge in [-0.1, -0.05) is 11.6 Å². The summed E-state index contributed by atoms with van der Waals surface area (Å²) in [4.78, 5) is 12.8. The van der Waals surface area contributed by atoms with Gasteiger partial charge in [-0.3, -0.25) is 0 Å². The zero-order chi connectivity index (χ0) is 11.5. The quantitative estimate of drug-likeness (QED) is 0.859. The number of aliphatic carboxylic acids is 1. The number of halogens is 1. The fraction of sp³-hybridized carbons (Fsp3) is 0.444. The van der Waals surface area contributed by atoms with Crippen LogP contribution >= 0.6 is 23.4 Å². The third-order valence-electron chi connectivity index (χ3n) is 2.33. The summed E-state index contributed by atoms with van der Waals surface area (Å²) in [6, 6.07) is 2.78. The van der Waals surface area contributed by atoms with Crippen molar-refractivity contribution in [2.45, 2.75) is 6.04 Å². The fourth-order valence-corrected chi connectivity index (χ4v) is 2.68. The number of carbonyl (C=O) groups is 1. The minimum atomic E-state index is -0.830. The number of aromatic nitrogens is 2. The molecular weight excluding hydrogens is 250 g/mol. The molecule has 1 aliphatic heterocycles. The van der Waals surface area contributed by atoms with E-state index in [1.54, 1.807) is 28.8 Å². The van der Waals surface area contributed by atoms with Crippen molar-refractivity contribution in [1.82, 2.24) is 10.2 Å². The van der Waals surface area contributed by atoms with Crippen molar-refractivity contribution in [3.63, 3.8) is 0 Å². The van der Waals surface area contributed by atoms with Gasteiger partial charge in [-0.05, 0) is 12.1 Å². The van der Waals surface area contributed by atoms with Crippen molar-refractivity contribution >= 4 is 35.1 Å². The molecule has 1 N–H and O–H groups in total. The second-order valence-corrected chi connectivity index (χ2v) is 4.87. The molecule has 5 nitrogen and oxygen atoms in total.